The van der Waals surface area contributed by atoms with E-state index in [1.54, 1.807) is 21.9 Å². The first kappa shape index (κ1) is 16.5. The molecule has 5 nitrogen and oxygen atoms in total. The van der Waals surface area contributed by atoms with Crippen LogP contribution in [0.15, 0.2) is 30.3 Å². The Labute approximate surface area is 131 Å². The minimum atomic E-state index is -0.159. The fourth-order valence-corrected chi connectivity index (χ4v) is 2.93. The Morgan fingerprint density at radius 1 is 1.32 bits per heavy atom. The van der Waals surface area contributed by atoms with Crippen LogP contribution in [-0.4, -0.2) is 59.5 Å². The average Bonchev–Trinajstić information content (AvgIpc) is 2.59. The molecular weight excluding hydrogens is 280 g/mol. The predicted octanol–water partition coefficient (Wildman–Crippen LogP) is 1.38. The Bertz CT molecular complexity index is 504. The SMILES string of the molecule is CCN(CCO)C(=O)C1CCCN(C(=O)c2ccccc2)C1. The molecule has 1 aliphatic rings. The number of carbonyl (C=O) groups excluding carboxylic acids is 2. The van der Waals surface area contributed by atoms with Gasteiger partial charge < -0.3 is 14.9 Å². The smallest absolute Gasteiger partial charge is 0.253 e. The normalized spacial score (nSPS) is 18.1. The van der Waals surface area contributed by atoms with E-state index in [9.17, 15) is 9.59 Å². The first-order valence-electron chi connectivity index (χ1n) is 7.91. The van der Waals surface area contributed by atoms with Crippen LogP contribution >= 0.6 is 0 Å². The predicted molar refractivity (Wildman–Crippen MR) is 84.4 cm³/mol. The van der Waals surface area contributed by atoms with Crippen molar-refractivity contribution in [2.45, 2.75) is 19.8 Å². The number of hydrogen-bond donors (Lipinski definition) is 1. The molecule has 1 unspecified atom stereocenters. The van der Waals surface area contributed by atoms with Gasteiger partial charge in [0.25, 0.3) is 5.91 Å². The molecule has 1 aromatic carbocycles. The van der Waals surface area contributed by atoms with Gasteiger partial charge in [0.15, 0.2) is 0 Å². The van der Waals surface area contributed by atoms with Gasteiger partial charge in [-0.1, -0.05) is 18.2 Å². The van der Waals surface area contributed by atoms with Crippen molar-refractivity contribution < 1.29 is 14.7 Å². The molecule has 0 aromatic heterocycles. The van der Waals surface area contributed by atoms with Crippen LogP contribution in [0.25, 0.3) is 0 Å². The molecule has 0 radical (unpaired) electrons. The molecule has 0 aliphatic carbocycles. The molecule has 120 valence electrons. The summed E-state index contributed by atoms with van der Waals surface area (Å²) in [5, 5.41) is 9.05. The van der Waals surface area contributed by atoms with E-state index in [4.69, 9.17) is 5.11 Å². The van der Waals surface area contributed by atoms with E-state index in [1.807, 2.05) is 25.1 Å². The highest BCUT2D eigenvalue weighted by molar-refractivity contribution is 5.94. The molecule has 2 rings (SSSR count). The Morgan fingerprint density at radius 2 is 2.05 bits per heavy atom. The maximum atomic E-state index is 12.5. The summed E-state index contributed by atoms with van der Waals surface area (Å²) in [6.07, 6.45) is 1.64. The molecule has 22 heavy (non-hydrogen) atoms. The number of likely N-dealkylation sites (tertiary alicyclic amines) is 1. The second kappa shape index (κ2) is 7.94. The van der Waals surface area contributed by atoms with Crippen LogP contribution < -0.4 is 0 Å². The fourth-order valence-electron chi connectivity index (χ4n) is 2.93. The molecule has 0 spiro atoms. The quantitative estimate of drug-likeness (QED) is 0.894. The molecule has 2 amide bonds. The molecule has 1 aromatic rings. The molecule has 1 heterocycles. The van der Waals surface area contributed by atoms with E-state index >= 15 is 0 Å². The number of aliphatic hydroxyl groups is 1. The Morgan fingerprint density at radius 3 is 2.68 bits per heavy atom. The van der Waals surface area contributed by atoms with Gasteiger partial charge in [-0.25, -0.2) is 0 Å². The summed E-state index contributed by atoms with van der Waals surface area (Å²) in [4.78, 5) is 28.4. The number of piperidine rings is 1. The van der Waals surface area contributed by atoms with E-state index < -0.39 is 0 Å². The molecular formula is C17H24N2O3. The second-order valence-electron chi connectivity index (χ2n) is 5.60. The van der Waals surface area contributed by atoms with Crippen LogP contribution in [-0.2, 0) is 4.79 Å². The van der Waals surface area contributed by atoms with E-state index in [0.717, 1.165) is 12.8 Å². The van der Waals surface area contributed by atoms with Gasteiger partial charge in [0.05, 0.1) is 12.5 Å². The highest BCUT2D eigenvalue weighted by Crippen LogP contribution is 2.20. The number of likely N-dealkylation sites (N-methyl/N-ethyl adjacent to an activating group) is 1. The van der Waals surface area contributed by atoms with Crippen LogP contribution in [0.2, 0.25) is 0 Å². The van der Waals surface area contributed by atoms with Crippen molar-refractivity contribution >= 4 is 11.8 Å². The minimum Gasteiger partial charge on any atom is -0.395 e. The molecule has 5 heteroatoms. The highest BCUT2D eigenvalue weighted by atomic mass is 16.3. The van der Waals surface area contributed by atoms with Crippen molar-refractivity contribution in [3.8, 4) is 0 Å². The lowest BCUT2D eigenvalue weighted by atomic mass is 9.95. The lowest BCUT2D eigenvalue weighted by molar-refractivity contribution is -0.137. The van der Waals surface area contributed by atoms with Gasteiger partial charge in [-0.05, 0) is 31.9 Å². The summed E-state index contributed by atoms with van der Waals surface area (Å²) >= 11 is 0. The van der Waals surface area contributed by atoms with Gasteiger partial charge in [-0.15, -0.1) is 0 Å². The van der Waals surface area contributed by atoms with Crippen LogP contribution in [0.1, 0.15) is 30.1 Å². The third kappa shape index (κ3) is 3.85. The van der Waals surface area contributed by atoms with E-state index in [2.05, 4.69) is 0 Å². The zero-order chi connectivity index (χ0) is 15.9. The first-order chi connectivity index (χ1) is 10.7. The van der Waals surface area contributed by atoms with Gasteiger partial charge in [-0.2, -0.15) is 0 Å². The van der Waals surface area contributed by atoms with E-state index in [-0.39, 0.29) is 24.3 Å². The van der Waals surface area contributed by atoms with E-state index in [0.29, 0.717) is 31.7 Å². The summed E-state index contributed by atoms with van der Waals surface area (Å²) in [5.41, 5.74) is 0.665. The zero-order valence-electron chi connectivity index (χ0n) is 13.1. The van der Waals surface area contributed by atoms with Crippen molar-refractivity contribution in [1.29, 1.82) is 0 Å². The van der Waals surface area contributed by atoms with Crippen molar-refractivity contribution in [3.63, 3.8) is 0 Å². The number of hydrogen-bond acceptors (Lipinski definition) is 3. The number of aliphatic hydroxyl groups excluding tert-OH is 1. The number of nitrogens with zero attached hydrogens (tertiary/aromatic N) is 2. The summed E-state index contributed by atoms with van der Waals surface area (Å²) in [6.45, 7) is 3.99. The Balaban J connectivity index is 2.02. The summed E-state index contributed by atoms with van der Waals surface area (Å²) < 4.78 is 0. The standard InChI is InChI=1S/C17H24N2O3/c1-2-18(11-12-20)17(22)15-9-6-10-19(13-15)16(21)14-7-4-3-5-8-14/h3-5,7-8,15,20H,2,6,9-13H2,1H3. The van der Waals surface area contributed by atoms with Crippen LogP contribution in [0.3, 0.4) is 0 Å². The summed E-state index contributed by atoms with van der Waals surface area (Å²) in [7, 11) is 0. The van der Waals surface area contributed by atoms with Crippen molar-refractivity contribution in [1.82, 2.24) is 9.80 Å². The Hall–Kier alpha value is -1.88. The Kier molecular flexibility index (Phi) is 5.95. The monoisotopic (exact) mass is 304 g/mol. The second-order valence-corrected chi connectivity index (χ2v) is 5.60. The molecule has 1 aliphatic heterocycles. The van der Waals surface area contributed by atoms with Crippen molar-refractivity contribution in [2.75, 3.05) is 32.8 Å². The maximum absolute atomic E-state index is 12.5. The lowest BCUT2D eigenvalue weighted by Gasteiger charge is -2.34. The van der Waals surface area contributed by atoms with Gasteiger partial charge in [-0.3, -0.25) is 9.59 Å². The maximum Gasteiger partial charge on any atom is 0.253 e. The minimum absolute atomic E-state index is 0.0108. The molecule has 0 bridgehead atoms. The summed E-state index contributed by atoms with van der Waals surface area (Å²) in [6, 6.07) is 9.18. The summed E-state index contributed by atoms with van der Waals surface area (Å²) in [5.74, 6) is -0.127. The number of carbonyl (C=O) groups is 2. The van der Waals surface area contributed by atoms with Crippen LogP contribution in [0, 0.1) is 5.92 Å². The molecule has 1 atom stereocenters. The third-order valence-electron chi connectivity index (χ3n) is 4.14. The number of amides is 2. The van der Waals surface area contributed by atoms with Gasteiger partial charge in [0.1, 0.15) is 0 Å². The van der Waals surface area contributed by atoms with Gasteiger partial charge in [0.2, 0.25) is 5.91 Å². The zero-order valence-corrected chi connectivity index (χ0v) is 13.1. The molecule has 1 saturated heterocycles. The average molecular weight is 304 g/mol. The third-order valence-corrected chi connectivity index (χ3v) is 4.14. The first-order valence-corrected chi connectivity index (χ1v) is 7.91. The van der Waals surface area contributed by atoms with Crippen molar-refractivity contribution in [2.24, 2.45) is 5.92 Å². The van der Waals surface area contributed by atoms with Crippen LogP contribution in [0.5, 0.6) is 0 Å². The molecule has 1 fully saturated rings. The largest absolute Gasteiger partial charge is 0.395 e. The van der Waals surface area contributed by atoms with Crippen LogP contribution in [0.4, 0.5) is 0 Å². The number of benzene rings is 1. The number of rotatable bonds is 5. The van der Waals surface area contributed by atoms with Gasteiger partial charge in [0, 0.05) is 31.7 Å². The fraction of sp³-hybridized carbons (Fsp3) is 0.529. The van der Waals surface area contributed by atoms with Crippen molar-refractivity contribution in [3.05, 3.63) is 35.9 Å². The van der Waals surface area contributed by atoms with E-state index in [1.165, 1.54) is 0 Å². The van der Waals surface area contributed by atoms with Gasteiger partial charge >= 0.3 is 0 Å². The molecule has 0 saturated carbocycles. The molecule has 1 N–H and O–H groups in total. The lowest BCUT2D eigenvalue weighted by Crippen LogP contribution is -2.47. The highest BCUT2D eigenvalue weighted by Gasteiger charge is 2.30. The topological polar surface area (TPSA) is 60.9 Å².